The highest BCUT2D eigenvalue weighted by atomic mass is 16.3. The van der Waals surface area contributed by atoms with Crippen molar-refractivity contribution >= 4 is 0 Å². The van der Waals surface area contributed by atoms with E-state index < -0.39 is 0 Å². The van der Waals surface area contributed by atoms with Crippen LogP contribution in [-0.4, -0.2) is 11.2 Å². The van der Waals surface area contributed by atoms with Crippen LogP contribution in [0.3, 0.4) is 0 Å². The van der Waals surface area contributed by atoms with Crippen LogP contribution in [-0.2, 0) is 0 Å². The average molecular weight is 403 g/mol. The molecule has 0 spiro atoms. The summed E-state index contributed by atoms with van der Waals surface area (Å²) in [6.07, 6.45) is 13.6. The molecule has 1 unspecified atom stereocenters. The zero-order chi connectivity index (χ0) is 21.2. The Morgan fingerprint density at radius 3 is 2.34 bits per heavy atom. The maximum absolute atomic E-state index is 10.7. The van der Waals surface area contributed by atoms with Gasteiger partial charge in [0, 0.05) is 0 Å². The van der Waals surface area contributed by atoms with Gasteiger partial charge in [-0.05, 0) is 109 Å². The number of hydrogen-bond donors (Lipinski definition) is 1. The summed E-state index contributed by atoms with van der Waals surface area (Å²) in [5, 5.41) is 10.7. The van der Waals surface area contributed by atoms with E-state index in [1.807, 2.05) is 0 Å². The minimum absolute atomic E-state index is 0.0616. The zero-order valence-electron chi connectivity index (χ0n) is 20.6. The van der Waals surface area contributed by atoms with Gasteiger partial charge in [0.15, 0.2) is 0 Å². The molecule has 0 heterocycles. The maximum atomic E-state index is 10.7. The lowest BCUT2D eigenvalue weighted by Gasteiger charge is -2.65. The molecule has 0 aromatic rings. The van der Waals surface area contributed by atoms with Crippen LogP contribution in [0.4, 0.5) is 0 Å². The van der Waals surface area contributed by atoms with Crippen LogP contribution in [0.25, 0.3) is 0 Å². The Kier molecular flexibility index (Phi) is 5.75. The number of aliphatic hydroxyl groups excluding tert-OH is 1. The van der Waals surface area contributed by atoms with Crippen LogP contribution in [0.15, 0.2) is 0 Å². The van der Waals surface area contributed by atoms with Crippen LogP contribution in [0.5, 0.6) is 0 Å². The van der Waals surface area contributed by atoms with E-state index in [1.54, 1.807) is 0 Å². The second-order valence-corrected chi connectivity index (χ2v) is 13.6. The fourth-order valence-corrected chi connectivity index (χ4v) is 10.3. The molecular weight excluding hydrogens is 352 g/mol. The Morgan fingerprint density at radius 1 is 0.966 bits per heavy atom. The summed E-state index contributed by atoms with van der Waals surface area (Å²) in [5.41, 5.74) is 1.34. The monoisotopic (exact) mass is 402 g/mol. The van der Waals surface area contributed by atoms with E-state index in [0.29, 0.717) is 22.2 Å². The molecule has 1 heteroatoms. The van der Waals surface area contributed by atoms with Gasteiger partial charge in [0.1, 0.15) is 0 Å². The summed E-state index contributed by atoms with van der Waals surface area (Å²) in [5.74, 6) is 6.10. The molecule has 4 aliphatic carbocycles. The van der Waals surface area contributed by atoms with E-state index >= 15 is 0 Å². The molecule has 4 fully saturated rings. The zero-order valence-corrected chi connectivity index (χ0v) is 20.6. The molecule has 0 aliphatic heterocycles. The van der Waals surface area contributed by atoms with Crippen molar-refractivity contribution in [3.8, 4) is 0 Å². The van der Waals surface area contributed by atoms with Gasteiger partial charge in [-0.2, -0.15) is 0 Å². The van der Waals surface area contributed by atoms with E-state index in [2.05, 4.69) is 48.5 Å². The van der Waals surface area contributed by atoms with Crippen LogP contribution in [0.1, 0.15) is 113 Å². The normalized spacial score (nSPS) is 51.1. The number of fused-ring (bicyclic) bond motifs is 5. The SMILES string of the molecule is CCC[C@@H](C)[C@H]1CC[C@H]2[C@@H]3CC[C@@H]4C[C@H](O)CC(C(C)(C)C)[C@]4(C)[C@H]3CC[C@]12C. The second kappa shape index (κ2) is 7.53. The van der Waals surface area contributed by atoms with Gasteiger partial charge in [-0.1, -0.05) is 61.3 Å². The van der Waals surface area contributed by atoms with Gasteiger partial charge in [-0.3, -0.25) is 0 Å². The van der Waals surface area contributed by atoms with Crippen LogP contribution in [0.2, 0.25) is 0 Å². The Labute approximate surface area is 181 Å². The molecule has 0 aromatic carbocycles. The van der Waals surface area contributed by atoms with Crippen molar-refractivity contribution in [2.24, 2.45) is 57.7 Å². The second-order valence-electron chi connectivity index (χ2n) is 13.6. The summed E-state index contributed by atoms with van der Waals surface area (Å²) in [6, 6.07) is 0. The summed E-state index contributed by atoms with van der Waals surface area (Å²) < 4.78 is 0. The number of aliphatic hydroxyl groups is 1. The van der Waals surface area contributed by atoms with Gasteiger partial charge in [-0.15, -0.1) is 0 Å². The Hall–Kier alpha value is -0.0400. The van der Waals surface area contributed by atoms with Crippen LogP contribution in [0, 0.1) is 57.7 Å². The Morgan fingerprint density at radius 2 is 1.69 bits per heavy atom. The molecule has 29 heavy (non-hydrogen) atoms. The highest BCUT2D eigenvalue weighted by Gasteiger charge is 2.63. The summed E-state index contributed by atoms with van der Waals surface area (Å²) in [6.45, 7) is 17.7. The Bertz CT molecular complexity index is 590. The molecule has 0 amide bonds. The molecule has 1 nitrogen and oxygen atoms in total. The van der Waals surface area contributed by atoms with Crippen molar-refractivity contribution in [2.45, 2.75) is 119 Å². The van der Waals surface area contributed by atoms with Crippen molar-refractivity contribution in [3.63, 3.8) is 0 Å². The fraction of sp³-hybridized carbons (Fsp3) is 1.00. The van der Waals surface area contributed by atoms with Crippen LogP contribution < -0.4 is 0 Å². The van der Waals surface area contributed by atoms with Crippen molar-refractivity contribution in [1.82, 2.24) is 0 Å². The molecule has 4 aliphatic rings. The van der Waals surface area contributed by atoms with Gasteiger partial charge in [-0.25, -0.2) is 0 Å². The third kappa shape index (κ3) is 3.35. The number of hydrogen-bond acceptors (Lipinski definition) is 1. The Balaban J connectivity index is 1.64. The van der Waals surface area contributed by atoms with E-state index in [9.17, 15) is 5.11 Å². The van der Waals surface area contributed by atoms with Gasteiger partial charge in [0.2, 0.25) is 0 Å². The standard InChI is InChI=1S/C28H50O/c1-8-9-18(2)22-12-13-23-21-11-10-19-16-20(29)17-25(26(3,4)5)28(19,7)24(21)14-15-27(22,23)6/h18-25,29H,8-17H2,1-7H3/t18-,19-,20+,21+,22-,23+,24+,25?,27-,28+/m1/s1. The highest BCUT2D eigenvalue weighted by Crippen LogP contribution is 2.70. The van der Waals surface area contributed by atoms with Crippen LogP contribution >= 0.6 is 0 Å². The first-order chi connectivity index (χ1) is 13.5. The first-order valence-corrected chi connectivity index (χ1v) is 13.2. The lowest BCUT2D eigenvalue weighted by molar-refractivity contribution is -0.179. The van der Waals surface area contributed by atoms with Gasteiger partial charge >= 0.3 is 0 Å². The van der Waals surface area contributed by atoms with E-state index in [1.165, 1.54) is 51.4 Å². The molecule has 4 saturated carbocycles. The molecule has 10 atom stereocenters. The molecule has 4 rings (SSSR count). The topological polar surface area (TPSA) is 20.2 Å². The van der Waals surface area contributed by atoms with E-state index in [4.69, 9.17) is 0 Å². The van der Waals surface area contributed by atoms with Crippen molar-refractivity contribution in [3.05, 3.63) is 0 Å². The smallest absolute Gasteiger partial charge is 0.0546 e. The molecule has 1 N–H and O–H groups in total. The summed E-state index contributed by atoms with van der Waals surface area (Å²) in [4.78, 5) is 0. The molecule has 0 aromatic heterocycles. The highest BCUT2D eigenvalue weighted by molar-refractivity contribution is 5.12. The minimum atomic E-state index is -0.0616. The lowest BCUT2D eigenvalue weighted by atomic mass is 9.40. The van der Waals surface area contributed by atoms with Crippen molar-refractivity contribution in [2.75, 3.05) is 0 Å². The molecule has 0 radical (unpaired) electrons. The predicted molar refractivity (Wildman–Crippen MR) is 124 cm³/mol. The first kappa shape index (κ1) is 22.2. The first-order valence-electron chi connectivity index (χ1n) is 13.2. The molecule has 0 bridgehead atoms. The minimum Gasteiger partial charge on any atom is -0.393 e. The third-order valence-electron chi connectivity index (χ3n) is 11.3. The lowest BCUT2D eigenvalue weighted by Crippen LogP contribution is -2.59. The molecule has 0 saturated heterocycles. The predicted octanol–water partition coefficient (Wildman–Crippen LogP) is 7.71. The molecular formula is C28H50O. The average Bonchev–Trinajstić information content (AvgIpc) is 2.98. The van der Waals surface area contributed by atoms with Gasteiger partial charge < -0.3 is 5.11 Å². The van der Waals surface area contributed by atoms with Crippen molar-refractivity contribution < 1.29 is 5.11 Å². The largest absolute Gasteiger partial charge is 0.393 e. The third-order valence-corrected chi connectivity index (χ3v) is 11.3. The molecule has 168 valence electrons. The fourth-order valence-electron chi connectivity index (χ4n) is 10.3. The summed E-state index contributed by atoms with van der Waals surface area (Å²) >= 11 is 0. The van der Waals surface area contributed by atoms with Gasteiger partial charge in [0.25, 0.3) is 0 Å². The van der Waals surface area contributed by atoms with E-state index in [-0.39, 0.29) is 6.10 Å². The summed E-state index contributed by atoms with van der Waals surface area (Å²) in [7, 11) is 0. The number of rotatable bonds is 3. The van der Waals surface area contributed by atoms with Gasteiger partial charge in [0.05, 0.1) is 6.10 Å². The maximum Gasteiger partial charge on any atom is 0.0546 e. The quantitative estimate of drug-likeness (QED) is 0.512. The van der Waals surface area contributed by atoms with Crippen molar-refractivity contribution in [1.29, 1.82) is 0 Å². The van der Waals surface area contributed by atoms with E-state index in [0.717, 1.165) is 48.3 Å².